The Hall–Kier alpha value is -1.17. The van der Waals surface area contributed by atoms with Crippen LogP contribution in [0.4, 0.5) is 5.69 Å². The molecule has 16 heavy (non-hydrogen) atoms. The van der Waals surface area contributed by atoms with Crippen LogP contribution >= 0.6 is 11.6 Å². The van der Waals surface area contributed by atoms with Gasteiger partial charge in [-0.1, -0.05) is 31.5 Å². The normalized spacial score (nSPS) is 11.5. The molecule has 1 aromatic carbocycles. The molecule has 0 amide bonds. The second kappa shape index (κ2) is 4.78. The molecule has 88 valence electrons. The van der Waals surface area contributed by atoms with Gasteiger partial charge in [0.1, 0.15) is 0 Å². The minimum absolute atomic E-state index is 0.0189. The summed E-state index contributed by atoms with van der Waals surface area (Å²) < 4.78 is 0. The SMILES string of the molecule is CC(C)(CON)c1c(Cl)cccc1[N+](=O)[O-]. The minimum Gasteiger partial charge on any atom is -0.304 e. The van der Waals surface area contributed by atoms with Crippen LogP contribution < -0.4 is 5.90 Å². The molecule has 0 radical (unpaired) electrons. The van der Waals surface area contributed by atoms with Crippen LogP contribution in [0.15, 0.2) is 18.2 Å². The molecular weight excluding hydrogens is 232 g/mol. The molecular formula is C10H13ClN2O3. The van der Waals surface area contributed by atoms with E-state index in [0.717, 1.165) is 0 Å². The molecule has 6 heteroatoms. The molecule has 0 heterocycles. The quantitative estimate of drug-likeness (QED) is 0.652. The van der Waals surface area contributed by atoms with Crippen LogP contribution in [0.2, 0.25) is 5.02 Å². The zero-order valence-electron chi connectivity index (χ0n) is 9.07. The number of nitrogens with zero attached hydrogens (tertiary/aromatic N) is 1. The molecule has 0 unspecified atom stereocenters. The summed E-state index contributed by atoms with van der Waals surface area (Å²) in [5, 5.41) is 11.2. The van der Waals surface area contributed by atoms with Crippen LogP contribution in [-0.2, 0) is 10.3 Å². The van der Waals surface area contributed by atoms with E-state index in [4.69, 9.17) is 17.5 Å². The largest absolute Gasteiger partial charge is 0.304 e. The fourth-order valence-corrected chi connectivity index (χ4v) is 2.04. The number of nitro groups is 1. The second-order valence-electron chi connectivity index (χ2n) is 4.09. The predicted molar refractivity (Wildman–Crippen MR) is 61.3 cm³/mol. The van der Waals surface area contributed by atoms with E-state index in [1.54, 1.807) is 26.0 Å². The van der Waals surface area contributed by atoms with Gasteiger partial charge < -0.3 is 4.84 Å². The molecule has 1 aromatic rings. The summed E-state index contributed by atoms with van der Waals surface area (Å²) in [5.74, 6) is 5.02. The summed E-state index contributed by atoms with van der Waals surface area (Å²) in [6.07, 6.45) is 0. The van der Waals surface area contributed by atoms with E-state index in [-0.39, 0.29) is 12.3 Å². The van der Waals surface area contributed by atoms with Gasteiger partial charge in [0, 0.05) is 11.5 Å². The number of nitro benzene ring substituents is 1. The maximum Gasteiger partial charge on any atom is 0.274 e. The van der Waals surface area contributed by atoms with Crippen molar-refractivity contribution in [1.29, 1.82) is 0 Å². The Morgan fingerprint density at radius 2 is 2.19 bits per heavy atom. The Balaban J connectivity index is 3.35. The van der Waals surface area contributed by atoms with Gasteiger partial charge in [-0.25, -0.2) is 5.90 Å². The van der Waals surface area contributed by atoms with Crippen LogP contribution in [0.5, 0.6) is 0 Å². The number of rotatable bonds is 4. The van der Waals surface area contributed by atoms with Crippen molar-refractivity contribution < 1.29 is 9.76 Å². The van der Waals surface area contributed by atoms with Gasteiger partial charge in [-0.3, -0.25) is 10.1 Å². The average molecular weight is 245 g/mol. The van der Waals surface area contributed by atoms with Gasteiger partial charge in [-0.05, 0) is 6.07 Å². The zero-order valence-corrected chi connectivity index (χ0v) is 9.82. The first kappa shape index (κ1) is 12.9. The topological polar surface area (TPSA) is 78.4 Å². The second-order valence-corrected chi connectivity index (χ2v) is 4.49. The van der Waals surface area contributed by atoms with Crippen molar-refractivity contribution >= 4 is 17.3 Å². The Morgan fingerprint density at radius 3 is 2.69 bits per heavy atom. The summed E-state index contributed by atoms with van der Waals surface area (Å²) in [4.78, 5) is 15.0. The lowest BCUT2D eigenvalue weighted by atomic mass is 9.84. The maximum absolute atomic E-state index is 10.9. The van der Waals surface area contributed by atoms with Crippen LogP contribution in [0.1, 0.15) is 19.4 Å². The standard InChI is InChI=1S/C10H13ClN2O3/c1-10(2,6-16-12)9-7(11)4-3-5-8(9)13(14)15/h3-5H,6,12H2,1-2H3. The van der Waals surface area contributed by atoms with E-state index in [0.29, 0.717) is 10.6 Å². The summed E-state index contributed by atoms with van der Waals surface area (Å²) in [7, 11) is 0. The highest BCUT2D eigenvalue weighted by atomic mass is 35.5. The van der Waals surface area contributed by atoms with Gasteiger partial charge in [0.25, 0.3) is 5.69 Å². The molecule has 0 aliphatic carbocycles. The zero-order chi connectivity index (χ0) is 12.3. The van der Waals surface area contributed by atoms with Crippen molar-refractivity contribution in [3.8, 4) is 0 Å². The summed E-state index contributed by atoms with van der Waals surface area (Å²) in [6.45, 7) is 3.72. The average Bonchev–Trinajstić information content (AvgIpc) is 2.16. The van der Waals surface area contributed by atoms with Crippen LogP contribution in [0, 0.1) is 10.1 Å². The number of hydrogen-bond donors (Lipinski definition) is 1. The Labute approximate surface area is 98.3 Å². The number of benzene rings is 1. The lowest BCUT2D eigenvalue weighted by molar-refractivity contribution is -0.386. The van der Waals surface area contributed by atoms with Gasteiger partial charge in [0.15, 0.2) is 0 Å². The highest BCUT2D eigenvalue weighted by molar-refractivity contribution is 6.31. The fraction of sp³-hybridized carbons (Fsp3) is 0.400. The Morgan fingerprint density at radius 1 is 1.56 bits per heavy atom. The van der Waals surface area contributed by atoms with Gasteiger partial charge in [0.05, 0.1) is 22.1 Å². The van der Waals surface area contributed by atoms with Gasteiger partial charge >= 0.3 is 0 Å². The lowest BCUT2D eigenvalue weighted by Gasteiger charge is -2.24. The van der Waals surface area contributed by atoms with Crippen molar-refractivity contribution in [3.63, 3.8) is 0 Å². The molecule has 0 saturated carbocycles. The van der Waals surface area contributed by atoms with Crippen molar-refractivity contribution in [3.05, 3.63) is 38.9 Å². The van der Waals surface area contributed by atoms with Crippen LogP contribution in [-0.4, -0.2) is 11.5 Å². The number of halogens is 1. The molecule has 2 N–H and O–H groups in total. The highest BCUT2D eigenvalue weighted by Gasteiger charge is 2.31. The Bertz CT molecular complexity index is 407. The minimum atomic E-state index is -0.616. The van der Waals surface area contributed by atoms with E-state index in [9.17, 15) is 10.1 Å². The first-order chi connectivity index (χ1) is 7.40. The molecule has 5 nitrogen and oxygen atoms in total. The van der Waals surface area contributed by atoms with Gasteiger partial charge in [0.2, 0.25) is 0 Å². The first-order valence-corrected chi connectivity index (χ1v) is 5.03. The number of hydrogen-bond acceptors (Lipinski definition) is 4. The third kappa shape index (κ3) is 2.49. The third-order valence-electron chi connectivity index (χ3n) is 2.31. The van der Waals surface area contributed by atoms with Crippen molar-refractivity contribution in [2.24, 2.45) is 5.90 Å². The molecule has 0 fully saturated rings. The third-order valence-corrected chi connectivity index (χ3v) is 2.62. The lowest BCUT2D eigenvalue weighted by Crippen LogP contribution is -2.27. The van der Waals surface area contributed by atoms with Gasteiger partial charge in [-0.2, -0.15) is 0 Å². The fourth-order valence-electron chi connectivity index (χ4n) is 1.62. The van der Waals surface area contributed by atoms with Crippen molar-refractivity contribution in [2.75, 3.05) is 6.61 Å². The van der Waals surface area contributed by atoms with Crippen molar-refractivity contribution in [2.45, 2.75) is 19.3 Å². The summed E-state index contributed by atoms with van der Waals surface area (Å²) >= 11 is 5.99. The van der Waals surface area contributed by atoms with Gasteiger partial charge in [-0.15, -0.1) is 0 Å². The monoisotopic (exact) mass is 244 g/mol. The Kier molecular flexibility index (Phi) is 3.85. The first-order valence-electron chi connectivity index (χ1n) is 4.65. The molecule has 0 saturated heterocycles. The predicted octanol–water partition coefficient (Wildman–Crippen LogP) is 2.42. The van der Waals surface area contributed by atoms with E-state index in [2.05, 4.69) is 4.84 Å². The van der Waals surface area contributed by atoms with E-state index in [1.807, 2.05) is 0 Å². The smallest absolute Gasteiger partial charge is 0.274 e. The van der Waals surface area contributed by atoms with E-state index < -0.39 is 10.3 Å². The van der Waals surface area contributed by atoms with Crippen LogP contribution in [0.25, 0.3) is 0 Å². The number of nitrogens with two attached hydrogens (primary N) is 1. The van der Waals surface area contributed by atoms with E-state index >= 15 is 0 Å². The summed E-state index contributed by atoms with van der Waals surface area (Å²) in [5.41, 5.74) is -0.197. The molecule has 1 rings (SSSR count). The molecule has 0 aromatic heterocycles. The van der Waals surface area contributed by atoms with E-state index in [1.165, 1.54) is 6.07 Å². The maximum atomic E-state index is 10.9. The molecule has 0 bridgehead atoms. The van der Waals surface area contributed by atoms with Crippen molar-refractivity contribution in [1.82, 2.24) is 0 Å². The molecule has 0 aliphatic rings. The molecule has 0 aliphatic heterocycles. The molecule has 0 spiro atoms. The van der Waals surface area contributed by atoms with Crippen LogP contribution in [0.3, 0.4) is 0 Å². The molecule has 0 atom stereocenters. The summed E-state index contributed by atoms with van der Waals surface area (Å²) in [6, 6.07) is 4.57. The highest BCUT2D eigenvalue weighted by Crippen LogP contribution is 2.36.